The Bertz CT molecular complexity index is 536. The molecule has 0 aliphatic heterocycles. The van der Waals surface area contributed by atoms with E-state index in [2.05, 4.69) is 10.3 Å². The first-order valence-electron chi connectivity index (χ1n) is 6.07. The fourth-order valence-electron chi connectivity index (χ4n) is 1.30. The number of rotatable bonds is 4. The number of hydrogen-bond acceptors (Lipinski definition) is 3. The second-order valence-corrected chi connectivity index (χ2v) is 8.05. The van der Waals surface area contributed by atoms with Crippen molar-refractivity contribution in [1.29, 1.82) is 0 Å². The van der Waals surface area contributed by atoms with Crippen molar-refractivity contribution < 1.29 is 8.42 Å². The van der Waals surface area contributed by atoms with Crippen molar-refractivity contribution in [3.05, 3.63) is 30.3 Å². The Kier molecular flexibility index (Phi) is 7.50. The Hall–Kier alpha value is -0.830. The van der Waals surface area contributed by atoms with Crippen molar-refractivity contribution >= 4 is 45.5 Å². The number of sulfone groups is 1. The van der Waals surface area contributed by atoms with E-state index >= 15 is 0 Å². The summed E-state index contributed by atoms with van der Waals surface area (Å²) in [6.07, 6.45) is 0. The minimum absolute atomic E-state index is 0. The van der Waals surface area contributed by atoms with Crippen LogP contribution in [0.25, 0.3) is 0 Å². The van der Waals surface area contributed by atoms with Crippen LogP contribution in [-0.2, 0) is 9.84 Å². The minimum atomic E-state index is -3.16. The summed E-state index contributed by atoms with van der Waals surface area (Å²) >= 11 is 0. The molecule has 0 unspecified atom stereocenters. The van der Waals surface area contributed by atoms with E-state index in [-0.39, 0.29) is 42.2 Å². The van der Waals surface area contributed by atoms with Crippen molar-refractivity contribution in [2.75, 3.05) is 17.6 Å². The number of nitrogens with zero attached hydrogens (tertiary/aromatic N) is 1. The van der Waals surface area contributed by atoms with Crippen molar-refractivity contribution in [3.8, 4) is 0 Å². The third-order valence-electron chi connectivity index (χ3n) is 2.62. The number of halogens is 1. The van der Waals surface area contributed by atoms with Gasteiger partial charge in [-0.1, -0.05) is 18.2 Å². The predicted molar refractivity (Wildman–Crippen MR) is 95.5 cm³/mol. The fraction of sp³-hybridized carbons (Fsp3) is 0.462. The van der Waals surface area contributed by atoms with Crippen LogP contribution in [-0.4, -0.2) is 31.4 Å². The van der Waals surface area contributed by atoms with Gasteiger partial charge in [-0.25, -0.2) is 8.42 Å². The monoisotopic (exact) mass is 411 g/mol. The van der Waals surface area contributed by atoms with Gasteiger partial charge in [0.25, 0.3) is 0 Å². The molecule has 0 fully saturated rings. The van der Waals surface area contributed by atoms with Crippen molar-refractivity contribution in [2.45, 2.75) is 25.5 Å². The second-order valence-electron chi connectivity index (χ2n) is 5.19. The van der Waals surface area contributed by atoms with Crippen molar-refractivity contribution in [3.63, 3.8) is 0 Å². The third kappa shape index (κ3) is 6.08. The lowest BCUT2D eigenvalue weighted by atomic mass is 10.3. The SMILES string of the molecule is CC(C)(C)S(=O)(=O)CCN=C(N)Nc1ccccc1.I. The van der Waals surface area contributed by atoms with Gasteiger partial charge in [0.2, 0.25) is 0 Å². The van der Waals surface area contributed by atoms with Crippen LogP contribution in [0.15, 0.2) is 35.3 Å². The van der Waals surface area contributed by atoms with Gasteiger partial charge in [-0.3, -0.25) is 4.99 Å². The van der Waals surface area contributed by atoms with E-state index in [9.17, 15) is 8.42 Å². The summed E-state index contributed by atoms with van der Waals surface area (Å²) in [5.41, 5.74) is 6.51. The topological polar surface area (TPSA) is 84.5 Å². The van der Waals surface area contributed by atoms with E-state index in [0.29, 0.717) is 0 Å². The molecule has 0 spiro atoms. The van der Waals surface area contributed by atoms with Gasteiger partial charge in [0.05, 0.1) is 17.0 Å². The lowest BCUT2D eigenvalue weighted by Crippen LogP contribution is -2.32. The Balaban J connectivity index is 0.00000361. The van der Waals surface area contributed by atoms with Gasteiger partial charge >= 0.3 is 0 Å². The number of nitrogens with two attached hydrogens (primary N) is 1. The molecule has 1 rings (SSSR count). The van der Waals surface area contributed by atoms with E-state index in [0.717, 1.165) is 5.69 Å². The molecule has 0 radical (unpaired) electrons. The lowest BCUT2D eigenvalue weighted by Gasteiger charge is -2.18. The molecule has 7 heteroatoms. The van der Waals surface area contributed by atoms with E-state index in [1.165, 1.54) is 0 Å². The van der Waals surface area contributed by atoms with Crippen molar-refractivity contribution in [1.82, 2.24) is 0 Å². The molecule has 5 nitrogen and oxygen atoms in total. The Morgan fingerprint density at radius 3 is 2.30 bits per heavy atom. The summed E-state index contributed by atoms with van der Waals surface area (Å²) in [4.78, 5) is 4.02. The number of aliphatic imine (C=N–C) groups is 1. The zero-order valence-electron chi connectivity index (χ0n) is 12.0. The maximum atomic E-state index is 11.9. The third-order valence-corrected chi connectivity index (χ3v) is 5.21. The second kappa shape index (κ2) is 7.82. The number of hydrogen-bond donors (Lipinski definition) is 2. The molecule has 0 saturated carbocycles. The van der Waals surface area contributed by atoms with Crippen LogP contribution < -0.4 is 11.1 Å². The van der Waals surface area contributed by atoms with Gasteiger partial charge in [-0.2, -0.15) is 0 Å². The number of guanidine groups is 1. The smallest absolute Gasteiger partial charge is 0.193 e. The van der Waals surface area contributed by atoms with Crippen LogP contribution in [0.4, 0.5) is 5.69 Å². The summed E-state index contributed by atoms with van der Waals surface area (Å²) in [5, 5.41) is 2.90. The van der Waals surface area contributed by atoms with Crippen LogP contribution in [0.1, 0.15) is 20.8 Å². The van der Waals surface area contributed by atoms with Crippen LogP contribution >= 0.6 is 24.0 Å². The van der Waals surface area contributed by atoms with Crippen LogP contribution in [0.3, 0.4) is 0 Å². The first-order valence-corrected chi connectivity index (χ1v) is 7.72. The van der Waals surface area contributed by atoms with E-state index in [1.807, 2.05) is 30.3 Å². The molecule has 0 bridgehead atoms. The molecule has 0 aromatic heterocycles. The highest BCUT2D eigenvalue weighted by Crippen LogP contribution is 2.15. The van der Waals surface area contributed by atoms with Gasteiger partial charge in [-0.05, 0) is 32.9 Å². The van der Waals surface area contributed by atoms with E-state index < -0.39 is 14.6 Å². The molecule has 114 valence electrons. The molecule has 1 aromatic carbocycles. The maximum absolute atomic E-state index is 11.9. The highest BCUT2D eigenvalue weighted by Gasteiger charge is 2.28. The molecule has 0 atom stereocenters. The van der Waals surface area contributed by atoms with Gasteiger partial charge in [0, 0.05) is 5.69 Å². The van der Waals surface area contributed by atoms with Gasteiger partial charge in [-0.15, -0.1) is 24.0 Å². The predicted octanol–water partition coefficient (Wildman–Crippen LogP) is 2.24. The van der Waals surface area contributed by atoms with Gasteiger partial charge in [0.1, 0.15) is 0 Å². The summed E-state index contributed by atoms with van der Waals surface area (Å²) in [5.74, 6) is 0.212. The van der Waals surface area contributed by atoms with E-state index in [4.69, 9.17) is 5.73 Å². The summed E-state index contributed by atoms with van der Waals surface area (Å²) in [6.45, 7) is 5.19. The fourth-order valence-corrected chi connectivity index (χ4v) is 2.25. The first-order chi connectivity index (χ1) is 8.72. The molecule has 0 saturated heterocycles. The number of anilines is 1. The average Bonchev–Trinajstić information content (AvgIpc) is 2.28. The van der Waals surface area contributed by atoms with Crippen LogP contribution in [0, 0.1) is 0 Å². The molecular formula is C13H22IN3O2S. The summed E-state index contributed by atoms with van der Waals surface area (Å²) in [7, 11) is -3.16. The quantitative estimate of drug-likeness (QED) is 0.452. The van der Waals surface area contributed by atoms with Gasteiger partial charge in [0.15, 0.2) is 15.8 Å². The Labute approximate surface area is 138 Å². The minimum Gasteiger partial charge on any atom is -0.370 e. The molecule has 20 heavy (non-hydrogen) atoms. The van der Waals surface area contributed by atoms with Crippen LogP contribution in [0.5, 0.6) is 0 Å². The van der Waals surface area contributed by atoms with Crippen LogP contribution in [0.2, 0.25) is 0 Å². The lowest BCUT2D eigenvalue weighted by molar-refractivity contribution is 0.560. The standard InChI is InChI=1S/C13H21N3O2S.HI/c1-13(2,3)19(17,18)10-9-15-12(14)16-11-7-5-4-6-8-11;/h4-8H,9-10H2,1-3H3,(H3,14,15,16);1H. The van der Waals surface area contributed by atoms with Gasteiger partial charge < -0.3 is 11.1 Å². The molecule has 0 amide bonds. The normalized spacial score (nSPS) is 12.7. The zero-order chi connectivity index (χ0) is 14.5. The summed E-state index contributed by atoms with van der Waals surface area (Å²) in [6, 6.07) is 9.36. The number of para-hydroxylation sites is 1. The maximum Gasteiger partial charge on any atom is 0.193 e. The molecular weight excluding hydrogens is 389 g/mol. The first kappa shape index (κ1) is 19.2. The Morgan fingerprint density at radius 1 is 1.25 bits per heavy atom. The average molecular weight is 411 g/mol. The number of benzene rings is 1. The summed E-state index contributed by atoms with van der Waals surface area (Å²) < 4.78 is 23.0. The molecule has 1 aromatic rings. The molecule has 0 aliphatic rings. The highest BCUT2D eigenvalue weighted by atomic mass is 127. The molecule has 3 N–H and O–H groups in total. The Morgan fingerprint density at radius 2 is 1.80 bits per heavy atom. The molecule has 0 heterocycles. The zero-order valence-corrected chi connectivity index (χ0v) is 15.1. The molecule has 0 aliphatic carbocycles. The highest BCUT2D eigenvalue weighted by molar-refractivity contribution is 14.0. The van der Waals surface area contributed by atoms with Crippen molar-refractivity contribution in [2.24, 2.45) is 10.7 Å². The largest absolute Gasteiger partial charge is 0.370 e. The van der Waals surface area contributed by atoms with E-state index in [1.54, 1.807) is 20.8 Å². The number of nitrogens with one attached hydrogen (secondary N) is 1.